The molecule has 4 atom stereocenters. The van der Waals surface area contributed by atoms with Crippen LogP contribution in [0.3, 0.4) is 0 Å². The molecule has 0 saturated carbocycles. The molecule has 2 N–H and O–H groups in total. The third-order valence-corrected chi connectivity index (χ3v) is 9.42. The van der Waals surface area contributed by atoms with Gasteiger partial charge >= 0.3 is 0 Å². The highest BCUT2D eigenvalue weighted by atomic mass is 16.5. The predicted molar refractivity (Wildman–Crippen MR) is 153 cm³/mol. The number of hydrogen-bond acceptors (Lipinski definition) is 5. The van der Waals surface area contributed by atoms with Crippen LogP contribution in [-0.4, -0.2) is 41.7 Å². The molecule has 2 spiro atoms. The van der Waals surface area contributed by atoms with Gasteiger partial charge in [0.05, 0.1) is 12.5 Å². The number of hydrogen-bond donors (Lipinski definition) is 2. The Kier molecular flexibility index (Phi) is 5.48. The van der Waals surface area contributed by atoms with Gasteiger partial charge in [-0.1, -0.05) is 55.0 Å². The van der Waals surface area contributed by atoms with E-state index in [-0.39, 0.29) is 23.6 Å². The molecule has 0 aliphatic carbocycles. The minimum Gasteiger partial charge on any atom is -0.494 e. The summed E-state index contributed by atoms with van der Waals surface area (Å²) in [4.78, 5) is 46.2. The van der Waals surface area contributed by atoms with Crippen molar-refractivity contribution in [2.45, 2.75) is 57.0 Å². The number of Topliss-reactive ketones (excluding diaryl/α,β-unsaturated/α-hetero) is 1. The fourth-order valence-electron chi connectivity index (χ4n) is 8.17. The normalized spacial score (nSPS) is 28.0. The number of nitrogens with zero attached hydrogens (tertiary/aromatic N) is 1. The van der Waals surface area contributed by atoms with Crippen LogP contribution in [0.2, 0.25) is 0 Å². The molecule has 2 saturated heterocycles. The van der Waals surface area contributed by atoms with E-state index in [4.69, 9.17) is 4.74 Å². The smallest absolute Gasteiger partial charge is 0.251 e. The molecule has 7 heteroatoms. The molecule has 7 rings (SSSR count). The first-order valence-electron chi connectivity index (χ1n) is 14.2. The second-order valence-electron chi connectivity index (χ2n) is 11.6. The molecule has 2 fully saturated rings. The van der Waals surface area contributed by atoms with E-state index < -0.39 is 16.9 Å². The lowest BCUT2D eigenvalue weighted by Gasteiger charge is -2.43. The summed E-state index contributed by atoms with van der Waals surface area (Å²) >= 11 is 0. The van der Waals surface area contributed by atoms with Crippen LogP contribution in [0.25, 0.3) is 0 Å². The number of rotatable bonds is 5. The maximum Gasteiger partial charge on any atom is 0.251 e. The predicted octanol–water partition coefficient (Wildman–Crippen LogP) is 5.11. The first-order valence-corrected chi connectivity index (χ1v) is 14.2. The van der Waals surface area contributed by atoms with Gasteiger partial charge in [0.15, 0.2) is 5.78 Å². The van der Waals surface area contributed by atoms with Gasteiger partial charge in [-0.25, -0.2) is 0 Å². The molecule has 204 valence electrons. The van der Waals surface area contributed by atoms with Gasteiger partial charge in [0.25, 0.3) is 5.91 Å². The maximum absolute atomic E-state index is 14.8. The van der Waals surface area contributed by atoms with Crippen molar-refractivity contribution in [2.24, 2.45) is 5.92 Å². The van der Waals surface area contributed by atoms with Crippen molar-refractivity contribution in [3.05, 3.63) is 88.5 Å². The molecule has 40 heavy (non-hydrogen) atoms. The van der Waals surface area contributed by atoms with E-state index in [0.29, 0.717) is 35.7 Å². The summed E-state index contributed by atoms with van der Waals surface area (Å²) in [5, 5.41) is 6.28. The Morgan fingerprint density at radius 2 is 1.82 bits per heavy atom. The Morgan fingerprint density at radius 3 is 2.65 bits per heavy atom. The highest BCUT2D eigenvalue weighted by Crippen LogP contribution is 2.68. The molecule has 2 amide bonds. The number of anilines is 2. The summed E-state index contributed by atoms with van der Waals surface area (Å²) < 4.78 is 5.87. The molecule has 4 heterocycles. The summed E-state index contributed by atoms with van der Waals surface area (Å²) in [7, 11) is 0. The van der Waals surface area contributed by atoms with Crippen LogP contribution in [0, 0.1) is 19.8 Å². The minimum absolute atomic E-state index is 0.131. The zero-order valence-corrected chi connectivity index (χ0v) is 23.0. The Labute approximate surface area is 233 Å². The van der Waals surface area contributed by atoms with Gasteiger partial charge in [0.1, 0.15) is 16.7 Å². The third kappa shape index (κ3) is 2.96. The zero-order valence-electron chi connectivity index (χ0n) is 23.0. The van der Waals surface area contributed by atoms with Crippen LogP contribution in [-0.2, 0) is 20.5 Å². The molecule has 7 nitrogen and oxygen atoms in total. The molecule has 0 bridgehead atoms. The van der Waals surface area contributed by atoms with Crippen molar-refractivity contribution in [3.63, 3.8) is 0 Å². The van der Waals surface area contributed by atoms with Crippen molar-refractivity contribution in [2.75, 3.05) is 23.8 Å². The Morgan fingerprint density at radius 1 is 1.00 bits per heavy atom. The van der Waals surface area contributed by atoms with E-state index in [0.717, 1.165) is 41.6 Å². The summed E-state index contributed by atoms with van der Waals surface area (Å²) in [5.74, 6) is -0.790. The molecular formula is C33H33N3O4. The number of ether oxygens (including phenoxy) is 1. The summed E-state index contributed by atoms with van der Waals surface area (Å²) in [5.41, 5.74) is 2.59. The quantitative estimate of drug-likeness (QED) is 0.444. The molecule has 4 aliphatic rings. The Balaban J connectivity index is 1.53. The summed E-state index contributed by atoms with van der Waals surface area (Å²) in [6, 6.07) is 18.6. The number of fused-ring (bicyclic) bond motifs is 7. The maximum atomic E-state index is 14.8. The van der Waals surface area contributed by atoms with E-state index in [1.54, 1.807) is 12.1 Å². The van der Waals surface area contributed by atoms with Crippen molar-refractivity contribution >= 4 is 29.0 Å². The standard InChI is InChI=1S/C33H33N3O4/c1-4-15-40-22-10-7-9-21(18-22)29(37)27-26-13-8-14-36(26)33(24-17-19(2)16-20(3)28(24)35-31(33)39)32(27)23-11-5-6-12-25(23)34-30(32)38/h5-7,9-12,16-18,26-27H,4,8,13-15H2,1-3H3,(H,34,38)(H,35,39). The van der Waals surface area contributed by atoms with E-state index in [9.17, 15) is 14.4 Å². The van der Waals surface area contributed by atoms with Crippen molar-refractivity contribution in [1.82, 2.24) is 4.90 Å². The number of amides is 2. The van der Waals surface area contributed by atoms with E-state index in [1.165, 1.54) is 0 Å². The fraction of sp³-hybridized carbons (Fsp3) is 0.364. The number of aryl methyl sites for hydroxylation is 2. The number of nitrogens with one attached hydrogen (secondary N) is 2. The first kappa shape index (κ1) is 25.0. The second kappa shape index (κ2) is 8.77. The molecule has 4 aliphatic heterocycles. The summed E-state index contributed by atoms with van der Waals surface area (Å²) in [6.07, 6.45) is 2.44. The molecule has 3 aromatic carbocycles. The lowest BCUT2D eigenvalue weighted by Crippen LogP contribution is -2.62. The zero-order chi connectivity index (χ0) is 27.8. The number of benzene rings is 3. The van der Waals surface area contributed by atoms with Gasteiger partial charge in [-0.05, 0) is 69.0 Å². The highest BCUT2D eigenvalue weighted by Gasteiger charge is 2.81. The van der Waals surface area contributed by atoms with E-state index in [2.05, 4.69) is 15.5 Å². The molecule has 0 radical (unpaired) electrons. The van der Waals surface area contributed by atoms with Crippen LogP contribution in [0.15, 0.2) is 60.7 Å². The first-order chi connectivity index (χ1) is 19.3. The van der Waals surface area contributed by atoms with Crippen LogP contribution < -0.4 is 15.4 Å². The topological polar surface area (TPSA) is 87.7 Å². The average Bonchev–Trinajstić information content (AvgIpc) is 3.66. The van der Waals surface area contributed by atoms with Gasteiger partial charge < -0.3 is 15.4 Å². The lowest BCUT2D eigenvalue weighted by atomic mass is 9.57. The van der Waals surface area contributed by atoms with Crippen molar-refractivity contribution in [1.29, 1.82) is 0 Å². The molecule has 0 aromatic heterocycles. The van der Waals surface area contributed by atoms with E-state index >= 15 is 0 Å². The monoisotopic (exact) mass is 535 g/mol. The largest absolute Gasteiger partial charge is 0.494 e. The van der Waals surface area contributed by atoms with Crippen LogP contribution in [0.5, 0.6) is 5.75 Å². The van der Waals surface area contributed by atoms with Gasteiger partial charge in [-0.15, -0.1) is 0 Å². The molecular weight excluding hydrogens is 502 g/mol. The van der Waals surface area contributed by atoms with Gasteiger partial charge in [0, 0.05) is 28.5 Å². The number of carbonyl (C=O) groups is 3. The Bertz CT molecular complexity index is 1600. The third-order valence-electron chi connectivity index (χ3n) is 9.42. The van der Waals surface area contributed by atoms with Crippen LogP contribution >= 0.6 is 0 Å². The van der Waals surface area contributed by atoms with Gasteiger partial charge in [0.2, 0.25) is 5.91 Å². The second-order valence-corrected chi connectivity index (χ2v) is 11.6. The fourth-order valence-corrected chi connectivity index (χ4v) is 8.17. The van der Waals surface area contributed by atoms with Crippen molar-refractivity contribution < 1.29 is 19.1 Å². The van der Waals surface area contributed by atoms with E-state index in [1.807, 2.05) is 69.3 Å². The van der Waals surface area contributed by atoms with Crippen LogP contribution in [0.1, 0.15) is 58.8 Å². The highest BCUT2D eigenvalue weighted by molar-refractivity contribution is 6.21. The van der Waals surface area contributed by atoms with Crippen LogP contribution in [0.4, 0.5) is 11.4 Å². The number of ketones is 1. The van der Waals surface area contributed by atoms with Crippen molar-refractivity contribution in [3.8, 4) is 5.75 Å². The molecule has 3 aromatic rings. The number of carbonyl (C=O) groups excluding carboxylic acids is 3. The minimum atomic E-state index is -1.44. The Hall–Kier alpha value is -3.97. The van der Waals surface area contributed by atoms with Gasteiger partial charge in [-0.2, -0.15) is 0 Å². The SMILES string of the molecule is CCCOc1cccc(C(=O)C2C3CCCN3C3(C(=O)Nc4c(C)cc(C)cc43)C23C(=O)Nc2ccccc23)c1. The summed E-state index contributed by atoms with van der Waals surface area (Å²) in [6.45, 7) is 7.22. The lowest BCUT2D eigenvalue weighted by molar-refractivity contribution is -0.137. The number of para-hydroxylation sites is 1. The average molecular weight is 536 g/mol. The molecule has 4 unspecified atom stereocenters. The van der Waals surface area contributed by atoms with Gasteiger partial charge in [-0.3, -0.25) is 19.3 Å².